The first-order chi connectivity index (χ1) is 14.6. The van der Waals surface area contributed by atoms with E-state index in [4.69, 9.17) is 25.8 Å². The lowest BCUT2D eigenvalue weighted by Crippen LogP contribution is -2.20. The minimum atomic E-state index is -0.291. The Morgan fingerprint density at radius 2 is 1.73 bits per heavy atom. The van der Waals surface area contributed by atoms with Crippen LogP contribution in [-0.4, -0.2) is 32.9 Å². The number of carbonyl (C=O) groups is 1. The van der Waals surface area contributed by atoms with Crippen molar-refractivity contribution >= 4 is 35.1 Å². The molecule has 3 rings (SSSR count). The van der Waals surface area contributed by atoms with Crippen molar-refractivity contribution in [3.05, 3.63) is 77.3 Å². The van der Waals surface area contributed by atoms with Crippen molar-refractivity contribution in [3.8, 4) is 17.2 Å². The molecular formula is C23H21ClN2O4. The largest absolute Gasteiger partial charge is 0.497 e. The van der Waals surface area contributed by atoms with E-state index in [1.807, 2.05) is 24.3 Å². The number of para-hydroxylation sites is 1. The second kappa shape index (κ2) is 10.3. The number of rotatable bonds is 8. The number of hydrogen-bond donors (Lipinski definition) is 1. The molecule has 0 heterocycles. The predicted octanol–water partition coefficient (Wildman–Crippen LogP) is 5.13. The summed E-state index contributed by atoms with van der Waals surface area (Å²) < 4.78 is 16.1. The third kappa shape index (κ3) is 5.75. The van der Waals surface area contributed by atoms with Crippen molar-refractivity contribution in [2.75, 3.05) is 26.1 Å². The van der Waals surface area contributed by atoms with Gasteiger partial charge in [-0.05, 0) is 54.1 Å². The van der Waals surface area contributed by atoms with E-state index in [0.29, 0.717) is 33.6 Å². The topological polar surface area (TPSA) is 69.2 Å². The van der Waals surface area contributed by atoms with Crippen LogP contribution in [0.3, 0.4) is 0 Å². The van der Waals surface area contributed by atoms with Crippen LogP contribution < -0.4 is 19.5 Å². The van der Waals surface area contributed by atoms with E-state index in [0.717, 1.165) is 5.56 Å². The number of nitrogens with one attached hydrogen (secondary N) is 1. The molecule has 0 radical (unpaired) electrons. The molecule has 0 aliphatic heterocycles. The zero-order valence-corrected chi connectivity index (χ0v) is 17.3. The SMILES string of the molecule is COc1ccc(N=Cc2ccc(OCC(=O)Nc3ccccc3Cl)cc2)c(OC)c1. The molecule has 0 aliphatic carbocycles. The van der Waals surface area contributed by atoms with Crippen molar-refractivity contribution in [2.45, 2.75) is 0 Å². The maximum absolute atomic E-state index is 12.0. The second-order valence-electron chi connectivity index (χ2n) is 6.18. The van der Waals surface area contributed by atoms with Crippen LogP contribution in [0.5, 0.6) is 17.2 Å². The van der Waals surface area contributed by atoms with E-state index < -0.39 is 0 Å². The van der Waals surface area contributed by atoms with Gasteiger partial charge in [0.15, 0.2) is 6.61 Å². The van der Waals surface area contributed by atoms with Crippen LogP contribution in [0.25, 0.3) is 0 Å². The summed E-state index contributed by atoms with van der Waals surface area (Å²) in [6, 6.07) is 19.7. The molecule has 0 bridgehead atoms. The van der Waals surface area contributed by atoms with Crippen LogP contribution >= 0.6 is 11.6 Å². The third-order valence-electron chi connectivity index (χ3n) is 4.14. The fraction of sp³-hybridized carbons (Fsp3) is 0.130. The highest BCUT2D eigenvalue weighted by Crippen LogP contribution is 2.31. The van der Waals surface area contributed by atoms with Crippen LogP contribution in [0.2, 0.25) is 5.02 Å². The van der Waals surface area contributed by atoms with Crippen molar-refractivity contribution in [1.82, 2.24) is 0 Å². The van der Waals surface area contributed by atoms with Crippen LogP contribution in [0.15, 0.2) is 71.7 Å². The van der Waals surface area contributed by atoms with Gasteiger partial charge in [-0.15, -0.1) is 0 Å². The molecule has 1 N–H and O–H groups in total. The zero-order valence-electron chi connectivity index (χ0n) is 16.6. The molecule has 0 unspecified atom stereocenters. The zero-order chi connectivity index (χ0) is 21.3. The molecule has 3 aromatic rings. The minimum absolute atomic E-state index is 0.123. The summed E-state index contributed by atoms with van der Waals surface area (Å²) in [4.78, 5) is 16.5. The highest BCUT2D eigenvalue weighted by Gasteiger charge is 2.07. The molecule has 0 saturated carbocycles. The first kappa shape index (κ1) is 21.2. The van der Waals surface area contributed by atoms with Gasteiger partial charge in [0, 0.05) is 12.3 Å². The molecule has 0 atom stereocenters. The lowest BCUT2D eigenvalue weighted by molar-refractivity contribution is -0.118. The normalized spacial score (nSPS) is 10.6. The number of hydrogen-bond acceptors (Lipinski definition) is 5. The van der Waals surface area contributed by atoms with Gasteiger partial charge in [-0.2, -0.15) is 0 Å². The van der Waals surface area contributed by atoms with Gasteiger partial charge < -0.3 is 19.5 Å². The molecule has 154 valence electrons. The average molecular weight is 425 g/mol. The van der Waals surface area contributed by atoms with Gasteiger partial charge >= 0.3 is 0 Å². The van der Waals surface area contributed by atoms with Crippen molar-refractivity contribution in [3.63, 3.8) is 0 Å². The molecule has 0 spiro atoms. The molecule has 30 heavy (non-hydrogen) atoms. The van der Waals surface area contributed by atoms with Crippen molar-refractivity contribution in [2.24, 2.45) is 4.99 Å². The molecule has 7 heteroatoms. The van der Waals surface area contributed by atoms with Gasteiger partial charge in [0.2, 0.25) is 0 Å². The van der Waals surface area contributed by atoms with Gasteiger partial charge in [-0.3, -0.25) is 9.79 Å². The summed E-state index contributed by atoms with van der Waals surface area (Å²) in [5, 5.41) is 3.19. The quantitative estimate of drug-likeness (QED) is 0.509. The number of amides is 1. The number of halogens is 1. The van der Waals surface area contributed by atoms with Crippen LogP contribution in [-0.2, 0) is 4.79 Å². The highest BCUT2D eigenvalue weighted by atomic mass is 35.5. The number of aliphatic imine (C=N–C) groups is 1. The number of methoxy groups -OCH3 is 2. The monoisotopic (exact) mass is 424 g/mol. The lowest BCUT2D eigenvalue weighted by Gasteiger charge is -2.09. The Hall–Kier alpha value is -3.51. The Labute approximate surface area is 180 Å². The maximum Gasteiger partial charge on any atom is 0.262 e. The maximum atomic E-state index is 12.0. The van der Waals surface area contributed by atoms with E-state index in [1.165, 1.54) is 0 Å². The Morgan fingerprint density at radius 1 is 1.00 bits per heavy atom. The summed E-state index contributed by atoms with van der Waals surface area (Å²) >= 11 is 6.03. The van der Waals surface area contributed by atoms with E-state index in [9.17, 15) is 4.79 Å². The first-order valence-corrected chi connectivity index (χ1v) is 9.50. The minimum Gasteiger partial charge on any atom is -0.497 e. The summed E-state index contributed by atoms with van der Waals surface area (Å²) in [5.41, 5.74) is 2.11. The molecule has 6 nitrogen and oxygen atoms in total. The Bertz CT molecular complexity index is 1040. The summed E-state index contributed by atoms with van der Waals surface area (Å²) in [7, 11) is 3.18. The standard InChI is InChI=1S/C23H21ClN2O4/c1-28-18-11-12-21(22(13-18)29-2)25-14-16-7-9-17(10-8-16)30-15-23(27)26-20-6-4-3-5-19(20)24/h3-14H,15H2,1-2H3,(H,26,27). The highest BCUT2D eigenvalue weighted by molar-refractivity contribution is 6.33. The fourth-order valence-electron chi connectivity index (χ4n) is 2.58. The number of carbonyl (C=O) groups excluding carboxylic acids is 1. The molecule has 0 aliphatic rings. The fourth-order valence-corrected chi connectivity index (χ4v) is 2.77. The summed E-state index contributed by atoms with van der Waals surface area (Å²) in [5.74, 6) is 1.60. The van der Waals surface area contributed by atoms with E-state index in [1.54, 1.807) is 62.9 Å². The first-order valence-electron chi connectivity index (χ1n) is 9.12. The molecule has 0 saturated heterocycles. The van der Waals surface area contributed by atoms with Crippen molar-refractivity contribution < 1.29 is 19.0 Å². The van der Waals surface area contributed by atoms with Gasteiger partial charge in [0.25, 0.3) is 5.91 Å². The van der Waals surface area contributed by atoms with E-state index in [2.05, 4.69) is 10.3 Å². The smallest absolute Gasteiger partial charge is 0.262 e. The Kier molecular flexibility index (Phi) is 7.29. The second-order valence-corrected chi connectivity index (χ2v) is 6.59. The van der Waals surface area contributed by atoms with Gasteiger partial charge in [0.05, 0.1) is 24.9 Å². The Morgan fingerprint density at radius 3 is 2.43 bits per heavy atom. The Balaban J connectivity index is 1.57. The number of ether oxygens (including phenoxy) is 3. The van der Waals surface area contributed by atoms with E-state index in [-0.39, 0.29) is 12.5 Å². The number of anilines is 1. The van der Waals surface area contributed by atoms with Crippen molar-refractivity contribution in [1.29, 1.82) is 0 Å². The lowest BCUT2D eigenvalue weighted by atomic mass is 10.2. The average Bonchev–Trinajstić information content (AvgIpc) is 2.78. The van der Waals surface area contributed by atoms with Gasteiger partial charge in [-0.1, -0.05) is 23.7 Å². The molecule has 1 amide bonds. The molecular weight excluding hydrogens is 404 g/mol. The van der Waals surface area contributed by atoms with Crippen LogP contribution in [0.4, 0.5) is 11.4 Å². The summed E-state index contributed by atoms with van der Waals surface area (Å²) in [6.45, 7) is -0.123. The van der Waals surface area contributed by atoms with Crippen LogP contribution in [0.1, 0.15) is 5.56 Å². The molecule has 0 fully saturated rings. The van der Waals surface area contributed by atoms with Crippen LogP contribution in [0, 0.1) is 0 Å². The summed E-state index contributed by atoms with van der Waals surface area (Å²) in [6.07, 6.45) is 1.72. The molecule has 0 aromatic heterocycles. The number of benzene rings is 3. The van der Waals surface area contributed by atoms with Gasteiger partial charge in [-0.25, -0.2) is 0 Å². The third-order valence-corrected chi connectivity index (χ3v) is 4.47. The van der Waals surface area contributed by atoms with E-state index >= 15 is 0 Å². The number of nitrogens with zero attached hydrogens (tertiary/aromatic N) is 1. The van der Waals surface area contributed by atoms with Gasteiger partial charge in [0.1, 0.15) is 22.9 Å². The predicted molar refractivity (Wildman–Crippen MR) is 119 cm³/mol. The molecule has 3 aromatic carbocycles.